The number of carbonyl (C=O) groups is 3. The number of benzene rings is 1. The Morgan fingerprint density at radius 3 is 2.65 bits per heavy atom. The van der Waals surface area contributed by atoms with Crippen molar-refractivity contribution >= 4 is 23.6 Å². The van der Waals surface area contributed by atoms with Crippen LogP contribution in [0.1, 0.15) is 18.4 Å². The van der Waals surface area contributed by atoms with Crippen LogP contribution in [0.3, 0.4) is 0 Å². The highest BCUT2D eigenvalue weighted by Gasteiger charge is 2.31. The summed E-state index contributed by atoms with van der Waals surface area (Å²) in [7, 11) is 1.20. The van der Waals surface area contributed by atoms with Gasteiger partial charge in [0.25, 0.3) is 0 Å². The van der Waals surface area contributed by atoms with Crippen LogP contribution in [0.2, 0.25) is 0 Å². The van der Waals surface area contributed by atoms with Crippen molar-refractivity contribution in [3.63, 3.8) is 0 Å². The molecule has 1 aliphatic heterocycles. The van der Waals surface area contributed by atoms with Gasteiger partial charge < -0.3 is 9.47 Å². The van der Waals surface area contributed by atoms with Gasteiger partial charge in [-0.25, -0.2) is 9.79 Å². The Bertz CT molecular complexity index is 564. The summed E-state index contributed by atoms with van der Waals surface area (Å²) >= 11 is 0. The zero-order valence-corrected chi connectivity index (χ0v) is 10.9. The summed E-state index contributed by atoms with van der Waals surface area (Å²) in [5.41, 5.74) is 0.670. The van der Waals surface area contributed by atoms with E-state index >= 15 is 0 Å². The molecule has 0 saturated carbocycles. The summed E-state index contributed by atoms with van der Waals surface area (Å²) < 4.78 is 9.43. The van der Waals surface area contributed by atoms with E-state index in [2.05, 4.69) is 9.73 Å². The fourth-order valence-electron chi connectivity index (χ4n) is 1.75. The third kappa shape index (κ3) is 3.28. The van der Waals surface area contributed by atoms with Crippen molar-refractivity contribution < 1.29 is 23.9 Å². The van der Waals surface area contributed by atoms with Gasteiger partial charge in [0.1, 0.15) is 12.2 Å². The van der Waals surface area contributed by atoms with Crippen LogP contribution >= 0.6 is 0 Å². The SMILES string of the molecule is COC(=O)CC(=O)CC1N=C(c2ccccc2)OC1=O. The largest absolute Gasteiger partial charge is 0.469 e. The molecule has 1 aromatic rings. The van der Waals surface area contributed by atoms with E-state index in [4.69, 9.17) is 4.74 Å². The standard InChI is InChI=1S/C14H13NO5/c1-19-12(17)8-10(16)7-11-14(18)20-13(15-11)9-5-3-2-4-6-9/h2-6,11H,7-8H2,1H3. The van der Waals surface area contributed by atoms with Crippen LogP contribution < -0.4 is 0 Å². The van der Waals surface area contributed by atoms with E-state index in [0.717, 1.165) is 0 Å². The Balaban J connectivity index is 2.03. The predicted molar refractivity (Wildman–Crippen MR) is 69.1 cm³/mol. The molecule has 1 aliphatic rings. The highest BCUT2D eigenvalue weighted by molar-refractivity contribution is 6.07. The van der Waals surface area contributed by atoms with Crippen molar-refractivity contribution in [2.24, 2.45) is 4.99 Å². The fraction of sp³-hybridized carbons (Fsp3) is 0.286. The molecule has 1 aromatic carbocycles. The molecule has 20 heavy (non-hydrogen) atoms. The molecule has 0 saturated heterocycles. The number of esters is 2. The molecule has 0 aromatic heterocycles. The molecule has 0 radical (unpaired) electrons. The highest BCUT2D eigenvalue weighted by Crippen LogP contribution is 2.16. The number of aliphatic imine (C=N–C) groups is 1. The number of cyclic esters (lactones) is 1. The van der Waals surface area contributed by atoms with E-state index in [1.807, 2.05) is 6.07 Å². The number of rotatable bonds is 5. The van der Waals surface area contributed by atoms with Gasteiger partial charge in [-0.05, 0) is 12.1 Å². The van der Waals surface area contributed by atoms with Crippen molar-refractivity contribution in [1.29, 1.82) is 0 Å². The Morgan fingerprint density at radius 2 is 2.00 bits per heavy atom. The first-order valence-corrected chi connectivity index (χ1v) is 6.03. The molecule has 0 aliphatic carbocycles. The first kappa shape index (κ1) is 13.9. The molecule has 0 amide bonds. The molecule has 1 unspecified atom stereocenters. The van der Waals surface area contributed by atoms with Crippen LogP contribution in [0.5, 0.6) is 0 Å². The zero-order chi connectivity index (χ0) is 14.5. The Hall–Kier alpha value is -2.50. The van der Waals surface area contributed by atoms with Crippen molar-refractivity contribution in [2.45, 2.75) is 18.9 Å². The summed E-state index contributed by atoms with van der Waals surface area (Å²) in [5, 5.41) is 0. The number of Topliss-reactive ketones (excluding diaryl/α,β-unsaturated/α-hetero) is 1. The summed E-state index contributed by atoms with van der Waals surface area (Å²) in [6, 6.07) is 8.04. The summed E-state index contributed by atoms with van der Waals surface area (Å²) in [4.78, 5) is 38.3. The van der Waals surface area contributed by atoms with Gasteiger partial charge in [0.2, 0.25) is 5.90 Å². The molecule has 1 heterocycles. The molecule has 1 atom stereocenters. The average Bonchev–Trinajstić information content (AvgIpc) is 2.81. The fourth-order valence-corrected chi connectivity index (χ4v) is 1.75. The first-order chi connectivity index (χ1) is 9.60. The van der Waals surface area contributed by atoms with Gasteiger partial charge in [-0.3, -0.25) is 9.59 Å². The lowest BCUT2D eigenvalue weighted by Gasteiger charge is -2.01. The second kappa shape index (κ2) is 6.10. The molecule has 2 rings (SSSR count). The highest BCUT2D eigenvalue weighted by atomic mass is 16.6. The molecule has 104 valence electrons. The van der Waals surface area contributed by atoms with Crippen LogP contribution in [0.4, 0.5) is 0 Å². The first-order valence-electron chi connectivity index (χ1n) is 6.03. The van der Waals surface area contributed by atoms with Crippen molar-refractivity contribution in [3.8, 4) is 0 Å². The molecule has 0 N–H and O–H groups in total. The molecular formula is C14H13NO5. The van der Waals surface area contributed by atoms with Gasteiger partial charge in [0, 0.05) is 12.0 Å². The lowest BCUT2D eigenvalue weighted by atomic mass is 10.1. The lowest BCUT2D eigenvalue weighted by molar-refractivity contribution is -0.144. The van der Waals surface area contributed by atoms with Gasteiger partial charge in [0.05, 0.1) is 7.11 Å². The van der Waals surface area contributed by atoms with E-state index in [0.29, 0.717) is 5.56 Å². The molecule has 6 heteroatoms. The number of nitrogens with zero attached hydrogens (tertiary/aromatic N) is 1. The van der Waals surface area contributed by atoms with E-state index in [9.17, 15) is 14.4 Å². The van der Waals surface area contributed by atoms with Crippen LogP contribution in [0.25, 0.3) is 0 Å². The molecular weight excluding hydrogens is 262 g/mol. The van der Waals surface area contributed by atoms with Gasteiger partial charge in [-0.2, -0.15) is 0 Å². The van der Waals surface area contributed by atoms with E-state index in [1.165, 1.54) is 7.11 Å². The Morgan fingerprint density at radius 1 is 1.30 bits per heavy atom. The second-order valence-electron chi connectivity index (χ2n) is 4.23. The number of ether oxygens (including phenoxy) is 2. The van der Waals surface area contributed by atoms with Crippen molar-refractivity contribution in [1.82, 2.24) is 0 Å². The van der Waals surface area contributed by atoms with Crippen molar-refractivity contribution in [3.05, 3.63) is 35.9 Å². The summed E-state index contributed by atoms with van der Waals surface area (Å²) in [6.45, 7) is 0. The number of hydrogen-bond acceptors (Lipinski definition) is 6. The molecule has 6 nitrogen and oxygen atoms in total. The summed E-state index contributed by atoms with van der Waals surface area (Å²) in [5.74, 6) is -1.42. The van der Waals surface area contributed by atoms with E-state index in [1.54, 1.807) is 24.3 Å². The number of ketones is 1. The average molecular weight is 275 g/mol. The van der Waals surface area contributed by atoms with Gasteiger partial charge in [-0.15, -0.1) is 0 Å². The maximum atomic E-state index is 11.6. The monoisotopic (exact) mass is 275 g/mol. The maximum Gasteiger partial charge on any atom is 0.338 e. The number of methoxy groups -OCH3 is 1. The second-order valence-corrected chi connectivity index (χ2v) is 4.23. The topological polar surface area (TPSA) is 82.0 Å². The van der Waals surface area contributed by atoms with E-state index in [-0.39, 0.29) is 18.7 Å². The number of hydrogen-bond donors (Lipinski definition) is 0. The Kier molecular flexibility index (Phi) is 4.24. The minimum absolute atomic E-state index is 0.162. The van der Waals surface area contributed by atoms with Crippen LogP contribution in [-0.4, -0.2) is 36.8 Å². The minimum atomic E-state index is -0.887. The third-order valence-electron chi connectivity index (χ3n) is 2.75. The molecule has 0 spiro atoms. The minimum Gasteiger partial charge on any atom is -0.469 e. The van der Waals surface area contributed by atoms with Crippen LogP contribution in [0, 0.1) is 0 Å². The number of carbonyl (C=O) groups excluding carboxylic acids is 3. The van der Waals surface area contributed by atoms with Crippen LogP contribution in [0.15, 0.2) is 35.3 Å². The Labute approximate surface area is 115 Å². The van der Waals surface area contributed by atoms with Crippen LogP contribution in [-0.2, 0) is 23.9 Å². The van der Waals surface area contributed by atoms with E-state index < -0.39 is 23.8 Å². The quantitative estimate of drug-likeness (QED) is 0.588. The molecule has 0 fully saturated rings. The van der Waals surface area contributed by atoms with Gasteiger partial charge >= 0.3 is 11.9 Å². The predicted octanol–water partition coefficient (Wildman–Crippen LogP) is 0.881. The molecule has 0 bridgehead atoms. The van der Waals surface area contributed by atoms with Crippen molar-refractivity contribution in [2.75, 3.05) is 7.11 Å². The maximum absolute atomic E-state index is 11.6. The lowest BCUT2D eigenvalue weighted by Crippen LogP contribution is -2.21. The van der Waals surface area contributed by atoms with Gasteiger partial charge in [0.15, 0.2) is 6.04 Å². The van der Waals surface area contributed by atoms with Gasteiger partial charge in [-0.1, -0.05) is 18.2 Å². The third-order valence-corrected chi connectivity index (χ3v) is 2.75. The smallest absolute Gasteiger partial charge is 0.338 e. The zero-order valence-electron chi connectivity index (χ0n) is 10.9. The summed E-state index contributed by atoms with van der Waals surface area (Å²) in [6.07, 6.45) is -0.527. The normalized spacial score (nSPS) is 17.4.